The SMILES string of the molecule is CCOc1ccc(NC(=O)C(=Cc2cccnc2)NC(=O)c2ccccc2)cc1. The van der Waals surface area contributed by atoms with E-state index in [1.54, 1.807) is 79.1 Å². The molecule has 0 fully saturated rings. The third kappa shape index (κ3) is 5.77. The normalized spacial score (nSPS) is 10.9. The molecule has 1 aromatic heterocycles. The molecule has 0 aliphatic carbocycles. The van der Waals surface area contributed by atoms with Crippen molar-refractivity contribution in [3.63, 3.8) is 0 Å². The molecule has 0 saturated carbocycles. The molecule has 6 heteroatoms. The minimum Gasteiger partial charge on any atom is -0.494 e. The third-order valence-electron chi connectivity index (χ3n) is 3.95. The van der Waals surface area contributed by atoms with E-state index in [1.165, 1.54) is 0 Å². The number of nitrogens with one attached hydrogen (secondary N) is 2. The van der Waals surface area contributed by atoms with Gasteiger partial charge in [0.25, 0.3) is 11.8 Å². The molecule has 0 atom stereocenters. The molecule has 2 amide bonds. The van der Waals surface area contributed by atoms with Gasteiger partial charge >= 0.3 is 0 Å². The highest BCUT2D eigenvalue weighted by atomic mass is 16.5. The molecule has 0 aliphatic heterocycles. The van der Waals surface area contributed by atoms with E-state index in [0.717, 1.165) is 0 Å². The molecule has 146 valence electrons. The number of nitrogens with zero attached hydrogens (tertiary/aromatic N) is 1. The molecular formula is C23H21N3O3. The van der Waals surface area contributed by atoms with Gasteiger partial charge in [-0.15, -0.1) is 0 Å². The molecule has 3 rings (SSSR count). The van der Waals surface area contributed by atoms with Gasteiger partial charge in [-0.2, -0.15) is 0 Å². The van der Waals surface area contributed by atoms with E-state index in [2.05, 4.69) is 15.6 Å². The van der Waals surface area contributed by atoms with E-state index in [0.29, 0.717) is 29.2 Å². The summed E-state index contributed by atoms with van der Waals surface area (Å²) in [6.07, 6.45) is 4.83. The first-order valence-electron chi connectivity index (χ1n) is 9.18. The van der Waals surface area contributed by atoms with Gasteiger partial charge in [0.1, 0.15) is 11.4 Å². The monoisotopic (exact) mass is 387 g/mol. The van der Waals surface area contributed by atoms with Gasteiger partial charge < -0.3 is 15.4 Å². The van der Waals surface area contributed by atoms with Crippen LogP contribution in [0.4, 0.5) is 5.69 Å². The lowest BCUT2D eigenvalue weighted by atomic mass is 10.2. The van der Waals surface area contributed by atoms with Crippen LogP contribution in [0.25, 0.3) is 6.08 Å². The summed E-state index contributed by atoms with van der Waals surface area (Å²) in [4.78, 5) is 29.4. The molecule has 0 saturated heterocycles. The maximum Gasteiger partial charge on any atom is 0.272 e. The molecule has 0 unspecified atom stereocenters. The van der Waals surface area contributed by atoms with Crippen LogP contribution in [0, 0.1) is 0 Å². The number of anilines is 1. The number of hydrogen-bond acceptors (Lipinski definition) is 4. The van der Waals surface area contributed by atoms with Gasteiger partial charge in [-0.25, -0.2) is 0 Å². The zero-order valence-electron chi connectivity index (χ0n) is 16.0. The lowest BCUT2D eigenvalue weighted by Gasteiger charge is -2.12. The predicted molar refractivity (Wildman–Crippen MR) is 112 cm³/mol. The Kier molecular flexibility index (Phi) is 6.73. The number of carbonyl (C=O) groups is 2. The molecule has 0 spiro atoms. The zero-order chi connectivity index (χ0) is 20.5. The summed E-state index contributed by atoms with van der Waals surface area (Å²) in [6.45, 7) is 2.47. The van der Waals surface area contributed by atoms with Crippen molar-refractivity contribution in [2.45, 2.75) is 6.92 Å². The number of amides is 2. The quantitative estimate of drug-likeness (QED) is 0.603. The van der Waals surface area contributed by atoms with Crippen molar-refractivity contribution in [1.29, 1.82) is 0 Å². The molecule has 2 aromatic carbocycles. The van der Waals surface area contributed by atoms with Gasteiger partial charge in [0.2, 0.25) is 0 Å². The van der Waals surface area contributed by atoms with Crippen LogP contribution in [-0.2, 0) is 4.79 Å². The van der Waals surface area contributed by atoms with Crippen molar-refractivity contribution in [2.75, 3.05) is 11.9 Å². The van der Waals surface area contributed by atoms with Crippen LogP contribution in [0.2, 0.25) is 0 Å². The van der Waals surface area contributed by atoms with Gasteiger partial charge in [0.15, 0.2) is 0 Å². The largest absolute Gasteiger partial charge is 0.494 e. The lowest BCUT2D eigenvalue weighted by molar-refractivity contribution is -0.113. The van der Waals surface area contributed by atoms with E-state index in [9.17, 15) is 9.59 Å². The van der Waals surface area contributed by atoms with Crippen molar-refractivity contribution in [2.24, 2.45) is 0 Å². The smallest absolute Gasteiger partial charge is 0.272 e. The van der Waals surface area contributed by atoms with E-state index >= 15 is 0 Å². The topological polar surface area (TPSA) is 80.3 Å². The van der Waals surface area contributed by atoms with Crippen LogP contribution in [0.1, 0.15) is 22.8 Å². The first kappa shape index (κ1) is 19.8. The van der Waals surface area contributed by atoms with Gasteiger partial charge in [-0.3, -0.25) is 14.6 Å². The zero-order valence-corrected chi connectivity index (χ0v) is 16.0. The minimum atomic E-state index is -0.442. The number of hydrogen-bond donors (Lipinski definition) is 2. The summed E-state index contributed by atoms with van der Waals surface area (Å²) < 4.78 is 5.41. The highest BCUT2D eigenvalue weighted by Crippen LogP contribution is 2.16. The van der Waals surface area contributed by atoms with Gasteiger partial charge in [-0.1, -0.05) is 24.3 Å². The van der Waals surface area contributed by atoms with E-state index < -0.39 is 5.91 Å². The van der Waals surface area contributed by atoms with Crippen LogP contribution in [0.15, 0.2) is 84.8 Å². The number of benzene rings is 2. The molecule has 1 heterocycles. The second kappa shape index (κ2) is 9.85. The van der Waals surface area contributed by atoms with E-state index in [4.69, 9.17) is 4.74 Å². The Balaban J connectivity index is 1.81. The molecule has 29 heavy (non-hydrogen) atoms. The Morgan fingerprint density at radius 2 is 1.76 bits per heavy atom. The van der Waals surface area contributed by atoms with Crippen molar-refractivity contribution in [3.8, 4) is 5.75 Å². The highest BCUT2D eigenvalue weighted by Gasteiger charge is 2.15. The standard InChI is InChI=1S/C23H21N3O3/c1-2-29-20-12-10-19(11-13-20)25-23(28)21(15-17-7-6-14-24-16-17)26-22(27)18-8-4-3-5-9-18/h3-16H,2H2,1H3,(H,25,28)(H,26,27). The summed E-state index contributed by atoms with van der Waals surface area (Å²) in [5.74, 6) is -0.0983. The van der Waals surface area contributed by atoms with Crippen molar-refractivity contribution in [3.05, 3.63) is 95.9 Å². The van der Waals surface area contributed by atoms with Crippen molar-refractivity contribution >= 4 is 23.6 Å². The first-order valence-corrected chi connectivity index (χ1v) is 9.18. The summed E-state index contributed by atoms with van der Waals surface area (Å²) in [5.41, 5.74) is 1.85. The van der Waals surface area contributed by atoms with Crippen molar-refractivity contribution < 1.29 is 14.3 Å². The molecule has 0 aliphatic rings. The Hall–Kier alpha value is -3.93. The molecule has 3 aromatic rings. The first-order chi connectivity index (χ1) is 14.2. The van der Waals surface area contributed by atoms with Crippen LogP contribution in [-0.4, -0.2) is 23.4 Å². The number of aromatic nitrogens is 1. The van der Waals surface area contributed by atoms with Crippen molar-refractivity contribution in [1.82, 2.24) is 10.3 Å². The number of carbonyl (C=O) groups excluding carboxylic acids is 2. The average molecular weight is 387 g/mol. The number of rotatable bonds is 7. The maximum atomic E-state index is 12.8. The maximum absolute atomic E-state index is 12.8. The molecule has 0 bridgehead atoms. The van der Waals surface area contributed by atoms with Gasteiger partial charge in [0.05, 0.1) is 6.61 Å². The molecule has 6 nitrogen and oxygen atoms in total. The predicted octanol–water partition coefficient (Wildman–Crippen LogP) is 3.89. The summed E-state index contributed by atoms with van der Waals surface area (Å²) in [7, 11) is 0. The fourth-order valence-electron chi connectivity index (χ4n) is 2.57. The Bertz CT molecular complexity index is 985. The van der Waals surface area contributed by atoms with Crippen LogP contribution in [0.5, 0.6) is 5.75 Å². The fraction of sp³-hybridized carbons (Fsp3) is 0.0870. The molecule has 2 N–H and O–H groups in total. The second-order valence-electron chi connectivity index (χ2n) is 6.08. The van der Waals surface area contributed by atoms with E-state index in [1.807, 2.05) is 13.0 Å². The fourth-order valence-corrected chi connectivity index (χ4v) is 2.57. The summed E-state index contributed by atoms with van der Waals surface area (Å²) >= 11 is 0. The summed E-state index contributed by atoms with van der Waals surface area (Å²) in [6, 6.07) is 19.3. The Morgan fingerprint density at radius 3 is 2.41 bits per heavy atom. The van der Waals surface area contributed by atoms with Crippen LogP contribution < -0.4 is 15.4 Å². The van der Waals surface area contributed by atoms with Gasteiger partial charge in [-0.05, 0) is 61.0 Å². The Morgan fingerprint density at radius 1 is 1.00 bits per heavy atom. The van der Waals surface area contributed by atoms with Crippen LogP contribution >= 0.6 is 0 Å². The number of ether oxygens (including phenoxy) is 1. The second-order valence-corrected chi connectivity index (χ2v) is 6.08. The molecular weight excluding hydrogens is 366 g/mol. The number of pyridine rings is 1. The Labute approximate surface area is 169 Å². The lowest BCUT2D eigenvalue weighted by Crippen LogP contribution is -2.30. The highest BCUT2D eigenvalue weighted by molar-refractivity contribution is 6.10. The molecule has 0 radical (unpaired) electrons. The van der Waals surface area contributed by atoms with E-state index in [-0.39, 0.29) is 11.6 Å². The van der Waals surface area contributed by atoms with Crippen LogP contribution in [0.3, 0.4) is 0 Å². The average Bonchev–Trinajstić information content (AvgIpc) is 2.76. The summed E-state index contributed by atoms with van der Waals surface area (Å²) in [5, 5.41) is 5.48. The van der Waals surface area contributed by atoms with Gasteiger partial charge in [0, 0.05) is 23.6 Å². The minimum absolute atomic E-state index is 0.112. The third-order valence-corrected chi connectivity index (χ3v) is 3.95.